The number of anilines is 1. The molecule has 1 saturated heterocycles. The monoisotopic (exact) mass is 166 g/mol. The van der Waals surface area contributed by atoms with Crippen LogP contribution >= 0.6 is 0 Å². The van der Waals surface area contributed by atoms with Crippen molar-refractivity contribution < 1.29 is 4.79 Å². The van der Waals surface area contributed by atoms with Gasteiger partial charge in [-0.2, -0.15) is 5.10 Å². The van der Waals surface area contributed by atoms with Crippen LogP contribution in [0, 0.1) is 0 Å². The molecular formula is C7H10N4O. The second-order valence-corrected chi connectivity index (χ2v) is 2.76. The standard InChI is InChI=1S/C7H10N4O/c1-10-5-6(4-9-10)11-3-2-8-7(11)12/h4-5H,2-3H2,1H3,(H,8,12). The molecule has 1 fully saturated rings. The van der Waals surface area contributed by atoms with Crippen molar-refractivity contribution in [3.8, 4) is 0 Å². The molecule has 2 amide bonds. The van der Waals surface area contributed by atoms with Crippen LogP contribution in [-0.4, -0.2) is 28.9 Å². The third-order valence-corrected chi connectivity index (χ3v) is 1.86. The minimum Gasteiger partial charge on any atom is -0.336 e. The Morgan fingerprint density at radius 2 is 2.50 bits per heavy atom. The van der Waals surface area contributed by atoms with E-state index >= 15 is 0 Å². The smallest absolute Gasteiger partial charge is 0.322 e. The molecule has 1 aliphatic rings. The van der Waals surface area contributed by atoms with Gasteiger partial charge in [0.2, 0.25) is 0 Å². The van der Waals surface area contributed by atoms with E-state index in [1.807, 2.05) is 13.2 Å². The Morgan fingerprint density at radius 1 is 1.67 bits per heavy atom. The van der Waals surface area contributed by atoms with Gasteiger partial charge in [0, 0.05) is 26.3 Å². The van der Waals surface area contributed by atoms with Gasteiger partial charge in [0.1, 0.15) is 0 Å². The molecule has 0 saturated carbocycles. The average molecular weight is 166 g/mol. The van der Waals surface area contributed by atoms with Gasteiger partial charge in [0.25, 0.3) is 0 Å². The van der Waals surface area contributed by atoms with E-state index in [9.17, 15) is 4.79 Å². The predicted octanol–water partition coefficient (Wildman–Crippen LogP) is -0.0503. The predicted molar refractivity (Wildman–Crippen MR) is 44.0 cm³/mol. The summed E-state index contributed by atoms with van der Waals surface area (Å²) in [5.74, 6) is 0. The fourth-order valence-corrected chi connectivity index (χ4v) is 1.27. The quantitative estimate of drug-likeness (QED) is 0.636. The summed E-state index contributed by atoms with van der Waals surface area (Å²) < 4.78 is 1.68. The first kappa shape index (κ1) is 7.15. The van der Waals surface area contributed by atoms with Crippen LogP contribution in [0.4, 0.5) is 10.5 Å². The fourth-order valence-electron chi connectivity index (χ4n) is 1.27. The first-order valence-electron chi connectivity index (χ1n) is 3.81. The van der Waals surface area contributed by atoms with Crippen molar-refractivity contribution in [2.75, 3.05) is 18.0 Å². The molecule has 5 nitrogen and oxygen atoms in total. The Morgan fingerprint density at radius 3 is 3.00 bits per heavy atom. The molecule has 2 heterocycles. The fraction of sp³-hybridized carbons (Fsp3) is 0.429. The van der Waals surface area contributed by atoms with E-state index in [-0.39, 0.29) is 6.03 Å². The molecule has 1 N–H and O–H groups in total. The number of carbonyl (C=O) groups is 1. The molecule has 0 spiro atoms. The summed E-state index contributed by atoms with van der Waals surface area (Å²) in [7, 11) is 1.83. The highest BCUT2D eigenvalue weighted by molar-refractivity contribution is 5.93. The van der Waals surface area contributed by atoms with E-state index in [0.29, 0.717) is 6.54 Å². The van der Waals surface area contributed by atoms with Crippen molar-refractivity contribution in [3.63, 3.8) is 0 Å². The zero-order chi connectivity index (χ0) is 8.55. The Bertz CT molecular complexity index is 306. The summed E-state index contributed by atoms with van der Waals surface area (Å²) in [6.45, 7) is 1.44. The van der Waals surface area contributed by atoms with E-state index < -0.39 is 0 Å². The van der Waals surface area contributed by atoms with Crippen molar-refractivity contribution in [1.29, 1.82) is 0 Å². The van der Waals surface area contributed by atoms with Gasteiger partial charge in [-0.05, 0) is 0 Å². The Hall–Kier alpha value is -1.52. The molecular weight excluding hydrogens is 156 g/mol. The van der Waals surface area contributed by atoms with Crippen LogP contribution in [0.2, 0.25) is 0 Å². The molecule has 5 heteroatoms. The zero-order valence-corrected chi connectivity index (χ0v) is 6.82. The van der Waals surface area contributed by atoms with Crippen molar-refractivity contribution >= 4 is 11.7 Å². The van der Waals surface area contributed by atoms with Gasteiger partial charge >= 0.3 is 6.03 Å². The van der Waals surface area contributed by atoms with E-state index in [4.69, 9.17) is 0 Å². The van der Waals surface area contributed by atoms with Crippen molar-refractivity contribution in [1.82, 2.24) is 15.1 Å². The van der Waals surface area contributed by atoms with Gasteiger partial charge in [-0.15, -0.1) is 0 Å². The number of hydrogen-bond donors (Lipinski definition) is 1. The Kier molecular flexibility index (Phi) is 1.49. The molecule has 0 unspecified atom stereocenters. The Balaban J connectivity index is 2.24. The molecule has 0 radical (unpaired) electrons. The lowest BCUT2D eigenvalue weighted by atomic mass is 10.5. The number of hydrogen-bond acceptors (Lipinski definition) is 2. The van der Waals surface area contributed by atoms with Crippen LogP contribution in [0.5, 0.6) is 0 Å². The normalized spacial score (nSPS) is 16.8. The van der Waals surface area contributed by atoms with Gasteiger partial charge in [-0.3, -0.25) is 9.58 Å². The van der Waals surface area contributed by atoms with Crippen LogP contribution in [0.3, 0.4) is 0 Å². The lowest BCUT2D eigenvalue weighted by Gasteiger charge is -2.09. The number of rotatable bonds is 1. The SMILES string of the molecule is Cn1cc(N2CCNC2=O)cn1. The zero-order valence-electron chi connectivity index (χ0n) is 6.82. The minimum absolute atomic E-state index is 0.0389. The lowest BCUT2D eigenvalue weighted by molar-refractivity contribution is 0.252. The number of urea groups is 1. The molecule has 64 valence electrons. The van der Waals surface area contributed by atoms with Crippen LogP contribution in [0.1, 0.15) is 0 Å². The van der Waals surface area contributed by atoms with E-state index in [2.05, 4.69) is 10.4 Å². The summed E-state index contributed by atoms with van der Waals surface area (Å²) in [6.07, 6.45) is 3.51. The van der Waals surface area contributed by atoms with Crippen molar-refractivity contribution in [2.24, 2.45) is 7.05 Å². The highest BCUT2D eigenvalue weighted by Crippen LogP contribution is 2.13. The third-order valence-electron chi connectivity index (χ3n) is 1.86. The van der Waals surface area contributed by atoms with Gasteiger partial charge in [0.15, 0.2) is 0 Å². The minimum atomic E-state index is -0.0389. The number of aromatic nitrogens is 2. The topological polar surface area (TPSA) is 50.2 Å². The number of nitrogens with zero attached hydrogens (tertiary/aromatic N) is 3. The average Bonchev–Trinajstić information content (AvgIpc) is 2.58. The van der Waals surface area contributed by atoms with Crippen LogP contribution in [0.15, 0.2) is 12.4 Å². The van der Waals surface area contributed by atoms with E-state index in [0.717, 1.165) is 12.2 Å². The van der Waals surface area contributed by atoms with Crippen molar-refractivity contribution in [3.05, 3.63) is 12.4 Å². The maximum Gasteiger partial charge on any atom is 0.322 e. The molecule has 0 aliphatic carbocycles. The van der Waals surface area contributed by atoms with Crippen LogP contribution in [0.25, 0.3) is 0 Å². The summed E-state index contributed by atoms with van der Waals surface area (Å²) >= 11 is 0. The first-order chi connectivity index (χ1) is 5.77. The maximum absolute atomic E-state index is 11.2. The van der Waals surface area contributed by atoms with Gasteiger partial charge < -0.3 is 5.32 Å². The second kappa shape index (κ2) is 2.51. The van der Waals surface area contributed by atoms with Gasteiger partial charge in [-0.1, -0.05) is 0 Å². The van der Waals surface area contributed by atoms with Crippen LogP contribution in [-0.2, 0) is 7.05 Å². The maximum atomic E-state index is 11.2. The van der Waals surface area contributed by atoms with Gasteiger partial charge in [-0.25, -0.2) is 4.79 Å². The summed E-state index contributed by atoms with van der Waals surface area (Å²) in [6, 6.07) is -0.0389. The lowest BCUT2D eigenvalue weighted by Crippen LogP contribution is -2.27. The molecule has 1 aliphatic heterocycles. The Labute approximate surface area is 70.0 Å². The van der Waals surface area contributed by atoms with Gasteiger partial charge in [0.05, 0.1) is 11.9 Å². The molecule has 1 aromatic rings. The number of aryl methyl sites for hydroxylation is 1. The van der Waals surface area contributed by atoms with E-state index in [1.165, 1.54) is 0 Å². The molecule has 1 aromatic heterocycles. The third kappa shape index (κ3) is 1.03. The second-order valence-electron chi connectivity index (χ2n) is 2.76. The van der Waals surface area contributed by atoms with Crippen LogP contribution < -0.4 is 10.2 Å². The largest absolute Gasteiger partial charge is 0.336 e. The highest BCUT2D eigenvalue weighted by Gasteiger charge is 2.21. The highest BCUT2D eigenvalue weighted by atomic mass is 16.2. The number of carbonyl (C=O) groups excluding carboxylic acids is 1. The summed E-state index contributed by atoms with van der Waals surface area (Å²) in [5, 5.41) is 6.72. The molecule has 0 aromatic carbocycles. The molecule has 2 rings (SSSR count). The first-order valence-corrected chi connectivity index (χ1v) is 3.81. The molecule has 0 bridgehead atoms. The number of nitrogens with one attached hydrogen (secondary N) is 1. The van der Waals surface area contributed by atoms with E-state index in [1.54, 1.807) is 15.8 Å². The molecule has 12 heavy (non-hydrogen) atoms. The summed E-state index contributed by atoms with van der Waals surface area (Å²) in [4.78, 5) is 12.8. The van der Waals surface area contributed by atoms with Crippen molar-refractivity contribution in [2.45, 2.75) is 0 Å². The number of amides is 2. The molecule has 0 atom stereocenters. The summed E-state index contributed by atoms with van der Waals surface area (Å²) in [5.41, 5.74) is 0.854.